The van der Waals surface area contributed by atoms with E-state index in [0.717, 1.165) is 0 Å². The van der Waals surface area contributed by atoms with E-state index >= 15 is 0 Å². The molecule has 0 heterocycles. The van der Waals surface area contributed by atoms with Gasteiger partial charge in [0.05, 0.1) is 5.02 Å². The Bertz CT molecular complexity index is 390. The van der Waals surface area contributed by atoms with E-state index in [1.165, 1.54) is 18.2 Å². The van der Waals surface area contributed by atoms with Crippen molar-refractivity contribution in [3.05, 3.63) is 34.9 Å². The van der Waals surface area contributed by atoms with Crippen LogP contribution in [0.2, 0.25) is 5.02 Å². The van der Waals surface area contributed by atoms with Crippen LogP contribution < -0.4 is 0 Å². The smallest absolute Gasteiger partial charge is 0.383 e. The molecule has 0 bridgehead atoms. The van der Waals surface area contributed by atoms with Crippen LogP contribution in [0.4, 0.5) is 13.2 Å². The van der Waals surface area contributed by atoms with Gasteiger partial charge in [0, 0.05) is 12.0 Å². The van der Waals surface area contributed by atoms with Crippen molar-refractivity contribution >= 4 is 17.4 Å². The molecular weight excluding hydrogens is 245 g/mol. The van der Waals surface area contributed by atoms with Gasteiger partial charge in [-0.1, -0.05) is 23.7 Å². The Morgan fingerprint density at radius 2 is 1.94 bits per heavy atom. The molecule has 6 heteroatoms. The molecule has 0 amide bonds. The van der Waals surface area contributed by atoms with Gasteiger partial charge in [0.1, 0.15) is 0 Å². The zero-order valence-electron chi connectivity index (χ0n) is 7.96. The number of ketones is 1. The molecule has 0 aliphatic carbocycles. The Hall–Kier alpha value is -1.07. The van der Waals surface area contributed by atoms with E-state index in [4.69, 9.17) is 16.7 Å². The number of carbonyl (C=O) groups excluding carboxylic acids is 1. The normalized spacial score (nSPS) is 13.6. The lowest BCUT2D eigenvalue weighted by molar-refractivity contribution is -0.202. The maximum absolute atomic E-state index is 12.0. The van der Waals surface area contributed by atoms with Crippen molar-refractivity contribution in [2.75, 3.05) is 0 Å². The predicted octanol–water partition coefficient (Wildman–Crippen LogP) is 2.84. The van der Waals surface area contributed by atoms with Gasteiger partial charge in [-0.15, -0.1) is 0 Å². The molecule has 1 aromatic carbocycles. The summed E-state index contributed by atoms with van der Waals surface area (Å²) in [5.74, 6) is -0.838. The molecular formula is C10H8ClF3O2. The number of aliphatic hydroxyl groups excluding tert-OH is 1. The minimum absolute atomic E-state index is 0.0209. The summed E-state index contributed by atoms with van der Waals surface area (Å²) in [5, 5.41) is 8.79. The molecule has 1 atom stereocenters. The Labute approximate surface area is 94.6 Å². The number of halogens is 4. The number of Topliss-reactive ketones (excluding diaryl/α,β-unsaturated/α-hetero) is 1. The SMILES string of the molecule is O=C(C[C@H](O)C(F)(F)F)c1ccccc1Cl. The molecule has 2 nitrogen and oxygen atoms in total. The highest BCUT2D eigenvalue weighted by atomic mass is 35.5. The van der Waals surface area contributed by atoms with Crippen molar-refractivity contribution in [3.8, 4) is 0 Å². The van der Waals surface area contributed by atoms with Crippen LogP contribution in [0.5, 0.6) is 0 Å². The fourth-order valence-electron chi connectivity index (χ4n) is 1.09. The fourth-order valence-corrected chi connectivity index (χ4v) is 1.33. The van der Waals surface area contributed by atoms with Crippen LogP contribution in [0.1, 0.15) is 16.8 Å². The molecule has 1 rings (SSSR count). The standard InChI is InChI=1S/C10H8ClF3O2/c11-7-4-2-1-3-6(7)8(15)5-9(16)10(12,13)14/h1-4,9,16H,5H2/t9-/m0/s1. The van der Waals surface area contributed by atoms with Crippen molar-refractivity contribution in [1.29, 1.82) is 0 Å². The largest absolute Gasteiger partial charge is 0.414 e. The summed E-state index contributed by atoms with van der Waals surface area (Å²) in [6.07, 6.45) is -8.47. The predicted molar refractivity (Wildman–Crippen MR) is 52.5 cm³/mol. The number of alkyl halides is 3. The number of rotatable bonds is 3. The maximum atomic E-state index is 12.0. The van der Waals surface area contributed by atoms with E-state index in [9.17, 15) is 18.0 Å². The molecule has 0 radical (unpaired) electrons. The Morgan fingerprint density at radius 3 is 2.44 bits per heavy atom. The van der Waals surface area contributed by atoms with Crippen molar-refractivity contribution in [3.63, 3.8) is 0 Å². The molecule has 0 unspecified atom stereocenters. The van der Waals surface area contributed by atoms with Crippen LogP contribution in [-0.2, 0) is 0 Å². The first-order valence-electron chi connectivity index (χ1n) is 4.35. The lowest BCUT2D eigenvalue weighted by Crippen LogP contribution is -2.30. The summed E-state index contributed by atoms with van der Waals surface area (Å²) in [6.45, 7) is 0. The minimum Gasteiger partial charge on any atom is -0.383 e. The highest BCUT2D eigenvalue weighted by Gasteiger charge is 2.39. The quantitative estimate of drug-likeness (QED) is 0.840. The van der Waals surface area contributed by atoms with Gasteiger partial charge in [0.2, 0.25) is 0 Å². The summed E-state index contributed by atoms with van der Waals surface area (Å²) in [6, 6.07) is 5.75. The fraction of sp³-hybridized carbons (Fsp3) is 0.300. The first-order valence-corrected chi connectivity index (χ1v) is 4.72. The van der Waals surface area contributed by atoms with E-state index in [0.29, 0.717) is 0 Å². The first kappa shape index (κ1) is 13.0. The number of carbonyl (C=O) groups is 1. The van der Waals surface area contributed by atoms with Crippen LogP contribution in [0.25, 0.3) is 0 Å². The van der Waals surface area contributed by atoms with Gasteiger partial charge in [0.15, 0.2) is 11.9 Å². The molecule has 1 N–H and O–H groups in total. The maximum Gasteiger partial charge on any atom is 0.414 e. The molecule has 0 fully saturated rings. The highest BCUT2D eigenvalue weighted by molar-refractivity contribution is 6.33. The molecule has 0 saturated heterocycles. The lowest BCUT2D eigenvalue weighted by Gasteiger charge is -2.13. The second kappa shape index (κ2) is 4.84. The van der Waals surface area contributed by atoms with E-state index in [1.54, 1.807) is 6.07 Å². The van der Waals surface area contributed by atoms with Gasteiger partial charge in [-0.25, -0.2) is 0 Å². The molecule has 0 aliphatic rings. The second-order valence-corrected chi connectivity index (χ2v) is 3.57. The van der Waals surface area contributed by atoms with Crippen molar-refractivity contribution in [2.45, 2.75) is 18.7 Å². The number of hydrogen-bond donors (Lipinski definition) is 1. The Balaban J connectivity index is 2.78. The number of hydrogen-bond acceptors (Lipinski definition) is 2. The van der Waals surface area contributed by atoms with E-state index in [1.807, 2.05) is 0 Å². The van der Waals surface area contributed by atoms with Gasteiger partial charge in [0.25, 0.3) is 0 Å². The van der Waals surface area contributed by atoms with Gasteiger partial charge >= 0.3 is 6.18 Å². The average molecular weight is 253 g/mol. The third-order valence-corrected chi connectivity index (χ3v) is 2.26. The molecule has 1 aromatic rings. The molecule has 0 aliphatic heterocycles. The van der Waals surface area contributed by atoms with Crippen molar-refractivity contribution in [2.24, 2.45) is 0 Å². The third kappa shape index (κ3) is 3.21. The highest BCUT2D eigenvalue weighted by Crippen LogP contribution is 2.25. The second-order valence-electron chi connectivity index (χ2n) is 3.16. The van der Waals surface area contributed by atoms with Gasteiger partial charge in [-0.3, -0.25) is 4.79 Å². The van der Waals surface area contributed by atoms with E-state index in [2.05, 4.69) is 0 Å². The summed E-state index contributed by atoms with van der Waals surface area (Å²) in [7, 11) is 0. The topological polar surface area (TPSA) is 37.3 Å². The molecule has 0 aromatic heterocycles. The summed E-state index contributed by atoms with van der Waals surface area (Å²) in [4.78, 5) is 11.4. The minimum atomic E-state index is -4.79. The summed E-state index contributed by atoms with van der Waals surface area (Å²) in [5.41, 5.74) is -0.0209. The van der Waals surface area contributed by atoms with Crippen LogP contribution >= 0.6 is 11.6 Å². The van der Waals surface area contributed by atoms with E-state index < -0.39 is 24.5 Å². The number of benzene rings is 1. The first-order chi connectivity index (χ1) is 7.32. The molecule has 16 heavy (non-hydrogen) atoms. The molecule has 88 valence electrons. The Morgan fingerprint density at radius 1 is 1.38 bits per heavy atom. The van der Waals surface area contributed by atoms with Crippen molar-refractivity contribution in [1.82, 2.24) is 0 Å². The number of aliphatic hydroxyl groups is 1. The monoisotopic (exact) mass is 252 g/mol. The summed E-state index contributed by atoms with van der Waals surface area (Å²) < 4.78 is 36.0. The van der Waals surface area contributed by atoms with Gasteiger partial charge < -0.3 is 5.11 Å². The summed E-state index contributed by atoms with van der Waals surface area (Å²) >= 11 is 5.63. The van der Waals surface area contributed by atoms with Gasteiger partial charge in [-0.2, -0.15) is 13.2 Å². The zero-order valence-corrected chi connectivity index (χ0v) is 8.72. The average Bonchev–Trinajstić information content (AvgIpc) is 2.16. The van der Waals surface area contributed by atoms with E-state index in [-0.39, 0.29) is 10.6 Å². The lowest BCUT2D eigenvalue weighted by atomic mass is 10.1. The molecule has 0 saturated carbocycles. The van der Waals surface area contributed by atoms with Crippen LogP contribution in [0.3, 0.4) is 0 Å². The van der Waals surface area contributed by atoms with Crippen LogP contribution in [0, 0.1) is 0 Å². The van der Waals surface area contributed by atoms with Crippen molar-refractivity contribution < 1.29 is 23.1 Å². The van der Waals surface area contributed by atoms with Gasteiger partial charge in [-0.05, 0) is 12.1 Å². The Kier molecular flexibility index (Phi) is 3.93. The molecule has 0 spiro atoms. The zero-order chi connectivity index (χ0) is 12.3. The third-order valence-electron chi connectivity index (χ3n) is 1.93. The van der Waals surface area contributed by atoms with Crippen LogP contribution in [0.15, 0.2) is 24.3 Å². The van der Waals surface area contributed by atoms with Crippen LogP contribution in [-0.4, -0.2) is 23.2 Å².